The fraction of sp³-hybridized carbons (Fsp3) is 0.429. The van der Waals surface area contributed by atoms with Crippen LogP contribution in [-0.4, -0.2) is 25.2 Å². The van der Waals surface area contributed by atoms with E-state index in [4.69, 9.17) is 21.1 Å². The van der Waals surface area contributed by atoms with E-state index in [1.165, 1.54) is 12.1 Å². The highest BCUT2D eigenvalue weighted by molar-refractivity contribution is 6.19. The second-order valence-corrected chi connectivity index (χ2v) is 4.34. The molecule has 1 aromatic carbocycles. The Kier molecular flexibility index (Phi) is 4.86. The molecule has 18 heavy (non-hydrogen) atoms. The second-order valence-electron chi connectivity index (χ2n) is 4.07. The standard InChI is InChI=1S/C14H14ClFO2/c15-5-1-3-11-7-12(16)9-14(8-11)18-13-4-2-6-17-10-13/h7-9,13H,2,4-6,10H2. The van der Waals surface area contributed by atoms with Gasteiger partial charge in [-0.1, -0.05) is 11.8 Å². The van der Waals surface area contributed by atoms with Crippen LogP contribution in [0.25, 0.3) is 0 Å². The highest BCUT2D eigenvalue weighted by Crippen LogP contribution is 2.20. The van der Waals surface area contributed by atoms with Gasteiger partial charge in [-0.15, -0.1) is 11.6 Å². The van der Waals surface area contributed by atoms with Crippen molar-refractivity contribution in [2.24, 2.45) is 0 Å². The first-order valence-corrected chi connectivity index (χ1v) is 6.41. The minimum absolute atomic E-state index is 0.00520. The van der Waals surface area contributed by atoms with E-state index in [1.54, 1.807) is 6.07 Å². The molecule has 96 valence electrons. The molecule has 1 fully saturated rings. The van der Waals surface area contributed by atoms with Crippen LogP contribution in [0.5, 0.6) is 5.75 Å². The molecule has 1 saturated heterocycles. The summed E-state index contributed by atoms with van der Waals surface area (Å²) in [6.45, 7) is 1.33. The summed E-state index contributed by atoms with van der Waals surface area (Å²) >= 11 is 5.47. The van der Waals surface area contributed by atoms with E-state index >= 15 is 0 Å². The molecule has 0 aromatic heterocycles. The number of ether oxygens (including phenoxy) is 2. The number of halogens is 2. The molecule has 4 heteroatoms. The third kappa shape index (κ3) is 3.90. The molecule has 2 rings (SSSR count). The zero-order valence-corrected chi connectivity index (χ0v) is 10.7. The first-order valence-electron chi connectivity index (χ1n) is 5.88. The summed E-state index contributed by atoms with van der Waals surface area (Å²) in [6.07, 6.45) is 1.90. The summed E-state index contributed by atoms with van der Waals surface area (Å²) in [5.74, 6) is 5.83. The Morgan fingerprint density at radius 2 is 2.33 bits per heavy atom. The van der Waals surface area contributed by atoms with E-state index in [1.807, 2.05) is 0 Å². The van der Waals surface area contributed by atoms with Gasteiger partial charge in [-0.05, 0) is 25.0 Å². The highest BCUT2D eigenvalue weighted by Gasteiger charge is 2.15. The lowest BCUT2D eigenvalue weighted by Crippen LogP contribution is -2.28. The SMILES string of the molecule is Fc1cc(C#CCCl)cc(OC2CCCOC2)c1. The summed E-state index contributed by atoms with van der Waals surface area (Å²) in [4.78, 5) is 0. The van der Waals surface area contributed by atoms with E-state index in [0.29, 0.717) is 17.9 Å². The van der Waals surface area contributed by atoms with Crippen molar-refractivity contribution in [1.29, 1.82) is 0 Å². The molecular formula is C14H14ClFO2. The van der Waals surface area contributed by atoms with Crippen LogP contribution in [0.3, 0.4) is 0 Å². The third-order valence-electron chi connectivity index (χ3n) is 2.59. The quantitative estimate of drug-likeness (QED) is 0.606. The van der Waals surface area contributed by atoms with E-state index < -0.39 is 0 Å². The minimum atomic E-state index is -0.358. The normalized spacial score (nSPS) is 18.9. The minimum Gasteiger partial charge on any atom is -0.488 e. The number of benzene rings is 1. The smallest absolute Gasteiger partial charge is 0.128 e. The summed E-state index contributed by atoms with van der Waals surface area (Å²) < 4.78 is 24.4. The highest BCUT2D eigenvalue weighted by atomic mass is 35.5. The van der Waals surface area contributed by atoms with Crippen molar-refractivity contribution in [3.8, 4) is 17.6 Å². The molecule has 1 unspecified atom stereocenters. The maximum Gasteiger partial charge on any atom is 0.128 e. The molecule has 0 spiro atoms. The predicted octanol–water partition coefficient (Wildman–Crippen LogP) is 2.97. The van der Waals surface area contributed by atoms with Crippen molar-refractivity contribution in [2.75, 3.05) is 19.1 Å². The van der Waals surface area contributed by atoms with Crippen LogP contribution in [-0.2, 0) is 4.74 Å². The summed E-state index contributed by atoms with van der Waals surface area (Å²) in [6, 6.07) is 4.45. The molecule has 0 radical (unpaired) electrons. The van der Waals surface area contributed by atoms with Crippen LogP contribution in [0.1, 0.15) is 18.4 Å². The van der Waals surface area contributed by atoms with Crippen molar-refractivity contribution in [1.82, 2.24) is 0 Å². The Balaban J connectivity index is 2.09. The van der Waals surface area contributed by atoms with Gasteiger partial charge in [-0.25, -0.2) is 4.39 Å². The number of hydrogen-bond donors (Lipinski definition) is 0. The lowest BCUT2D eigenvalue weighted by Gasteiger charge is -2.23. The maximum absolute atomic E-state index is 13.4. The van der Waals surface area contributed by atoms with Gasteiger partial charge in [0.2, 0.25) is 0 Å². The predicted molar refractivity (Wildman–Crippen MR) is 68.5 cm³/mol. The lowest BCUT2D eigenvalue weighted by molar-refractivity contribution is 0.00730. The van der Waals surface area contributed by atoms with Crippen LogP contribution >= 0.6 is 11.6 Å². The third-order valence-corrected chi connectivity index (χ3v) is 2.73. The van der Waals surface area contributed by atoms with E-state index in [2.05, 4.69) is 11.8 Å². The number of rotatable bonds is 2. The maximum atomic E-state index is 13.4. The molecule has 1 aliphatic rings. The average Bonchev–Trinajstić information content (AvgIpc) is 2.37. The van der Waals surface area contributed by atoms with Gasteiger partial charge >= 0.3 is 0 Å². The lowest BCUT2D eigenvalue weighted by atomic mass is 10.1. The number of hydrogen-bond acceptors (Lipinski definition) is 2. The van der Waals surface area contributed by atoms with Gasteiger partial charge in [0, 0.05) is 18.2 Å². The molecule has 0 N–H and O–H groups in total. The first kappa shape index (κ1) is 13.2. The molecule has 1 aliphatic heterocycles. The summed E-state index contributed by atoms with van der Waals surface area (Å²) in [5, 5.41) is 0. The van der Waals surface area contributed by atoms with Gasteiger partial charge in [0.05, 0.1) is 12.5 Å². The summed E-state index contributed by atoms with van der Waals surface area (Å²) in [5.41, 5.74) is 0.572. The van der Waals surface area contributed by atoms with E-state index in [0.717, 1.165) is 19.4 Å². The van der Waals surface area contributed by atoms with Gasteiger partial charge in [0.1, 0.15) is 17.7 Å². The molecule has 0 amide bonds. The van der Waals surface area contributed by atoms with Crippen molar-refractivity contribution in [3.05, 3.63) is 29.6 Å². The monoisotopic (exact) mass is 268 g/mol. The zero-order valence-electron chi connectivity index (χ0n) is 9.92. The Morgan fingerprint density at radius 3 is 3.06 bits per heavy atom. The van der Waals surface area contributed by atoms with Crippen LogP contribution in [0.4, 0.5) is 4.39 Å². The van der Waals surface area contributed by atoms with E-state index in [-0.39, 0.29) is 17.8 Å². The molecule has 0 saturated carbocycles. The Morgan fingerprint density at radius 1 is 1.44 bits per heavy atom. The zero-order chi connectivity index (χ0) is 12.8. The second kappa shape index (κ2) is 6.63. The topological polar surface area (TPSA) is 18.5 Å². The van der Waals surface area contributed by atoms with Gasteiger partial charge in [0.15, 0.2) is 0 Å². The molecule has 0 aliphatic carbocycles. The largest absolute Gasteiger partial charge is 0.488 e. The fourth-order valence-corrected chi connectivity index (χ4v) is 1.90. The van der Waals surface area contributed by atoms with Crippen LogP contribution in [0.15, 0.2) is 18.2 Å². The van der Waals surface area contributed by atoms with Crippen molar-refractivity contribution in [3.63, 3.8) is 0 Å². The molecular weight excluding hydrogens is 255 g/mol. The summed E-state index contributed by atoms with van der Waals surface area (Å²) in [7, 11) is 0. The molecule has 0 bridgehead atoms. The first-order chi connectivity index (χ1) is 8.78. The van der Waals surface area contributed by atoms with Crippen molar-refractivity contribution in [2.45, 2.75) is 18.9 Å². The van der Waals surface area contributed by atoms with Gasteiger partial charge in [-0.3, -0.25) is 0 Å². The van der Waals surface area contributed by atoms with Gasteiger partial charge in [-0.2, -0.15) is 0 Å². The Bertz CT molecular complexity index is 459. The average molecular weight is 269 g/mol. The molecule has 2 nitrogen and oxygen atoms in total. The van der Waals surface area contributed by atoms with Crippen LogP contribution in [0, 0.1) is 17.7 Å². The fourth-order valence-electron chi connectivity index (χ4n) is 1.83. The van der Waals surface area contributed by atoms with Crippen molar-refractivity contribution >= 4 is 11.6 Å². The van der Waals surface area contributed by atoms with Gasteiger partial charge < -0.3 is 9.47 Å². The molecule has 1 aromatic rings. The Hall–Kier alpha value is -1.24. The van der Waals surface area contributed by atoms with Gasteiger partial charge in [0.25, 0.3) is 0 Å². The van der Waals surface area contributed by atoms with Crippen LogP contribution < -0.4 is 4.74 Å². The van der Waals surface area contributed by atoms with Crippen molar-refractivity contribution < 1.29 is 13.9 Å². The molecule has 1 heterocycles. The number of alkyl halides is 1. The van der Waals surface area contributed by atoms with E-state index in [9.17, 15) is 4.39 Å². The molecule has 1 atom stereocenters. The van der Waals surface area contributed by atoms with Crippen LogP contribution in [0.2, 0.25) is 0 Å². The Labute approximate surface area is 111 Å².